The molecule has 1 aromatic carbocycles. The topological polar surface area (TPSA) is 9.23 Å². The normalized spacial score (nSPS) is 15.3. The van der Waals surface area contributed by atoms with E-state index in [9.17, 15) is 4.39 Å². The molecule has 0 aliphatic carbocycles. The molecule has 2 unspecified atom stereocenters. The molecule has 0 bridgehead atoms. The second-order valence-electron chi connectivity index (χ2n) is 5.86. The van der Waals surface area contributed by atoms with Crippen LogP contribution in [0.3, 0.4) is 0 Å². The van der Waals surface area contributed by atoms with Crippen LogP contribution < -0.4 is 4.74 Å². The van der Waals surface area contributed by atoms with Crippen LogP contribution in [-0.4, -0.2) is 7.11 Å². The maximum atomic E-state index is 13.6. The Morgan fingerprint density at radius 1 is 1.33 bits per heavy atom. The molecule has 0 spiro atoms. The summed E-state index contributed by atoms with van der Waals surface area (Å²) in [5.41, 5.74) is 1.02. The van der Waals surface area contributed by atoms with Crippen LogP contribution in [0.2, 0.25) is 0 Å². The maximum absolute atomic E-state index is 13.6. The Balaban J connectivity index is 2.79. The molecule has 0 aliphatic heterocycles. The van der Waals surface area contributed by atoms with Crippen LogP contribution in [0.15, 0.2) is 18.2 Å². The summed E-state index contributed by atoms with van der Waals surface area (Å²) < 4.78 is 18.5. The maximum Gasteiger partial charge on any atom is 0.165 e. The van der Waals surface area contributed by atoms with Gasteiger partial charge in [-0.2, -0.15) is 0 Å². The summed E-state index contributed by atoms with van der Waals surface area (Å²) in [6.07, 6.45) is 0.830. The molecule has 3 heteroatoms. The first-order valence-electron chi connectivity index (χ1n) is 6.23. The first kappa shape index (κ1) is 15.3. The Labute approximate surface area is 114 Å². The van der Waals surface area contributed by atoms with Crippen molar-refractivity contribution in [1.29, 1.82) is 0 Å². The van der Waals surface area contributed by atoms with Crippen molar-refractivity contribution in [2.75, 3.05) is 7.11 Å². The van der Waals surface area contributed by atoms with E-state index in [-0.39, 0.29) is 22.4 Å². The fraction of sp³-hybridized carbons (Fsp3) is 0.600. The molecule has 1 rings (SSSR count). The van der Waals surface area contributed by atoms with Crippen LogP contribution in [0.4, 0.5) is 4.39 Å². The zero-order valence-corrected chi connectivity index (χ0v) is 12.5. The summed E-state index contributed by atoms with van der Waals surface area (Å²) >= 11 is 6.37. The van der Waals surface area contributed by atoms with Gasteiger partial charge in [-0.3, -0.25) is 0 Å². The van der Waals surface area contributed by atoms with E-state index < -0.39 is 0 Å². The SMILES string of the molecule is COc1ccc(C(Cl)CC(C)C(C)(C)C)cc1F. The lowest BCUT2D eigenvalue weighted by atomic mass is 9.79. The third-order valence-corrected chi connectivity index (χ3v) is 4.01. The second kappa shape index (κ2) is 5.92. The van der Waals surface area contributed by atoms with E-state index >= 15 is 0 Å². The molecule has 0 N–H and O–H groups in total. The highest BCUT2D eigenvalue weighted by molar-refractivity contribution is 6.20. The van der Waals surface area contributed by atoms with Crippen molar-refractivity contribution in [3.05, 3.63) is 29.6 Å². The summed E-state index contributed by atoms with van der Waals surface area (Å²) in [6.45, 7) is 8.75. The third-order valence-electron chi connectivity index (χ3n) is 3.58. The summed E-state index contributed by atoms with van der Waals surface area (Å²) in [6, 6.07) is 4.92. The summed E-state index contributed by atoms with van der Waals surface area (Å²) in [5.74, 6) is 0.362. The van der Waals surface area contributed by atoms with Gasteiger partial charge in [-0.15, -0.1) is 11.6 Å². The van der Waals surface area contributed by atoms with E-state index in [2.05, 4.69) is 27.7 Å². The molecular formula is C15H22ClFO. The van der Waals surface area contributed by atoms with Gasteiger partial charge in [-0.25, -0.2) is 4.39 Å². The number of alkyl halides is 1. The second-order valence-corrected chi connectivity index (χ2v) is 6.39. The minimum Gasteiger partial charge on any atom is -0.494 e. The molecule has 102 valence electrons. The minimum absolute atomic E-state index is 0.167. The highest BCUT2D eigenvalue weighted by Gasteiger charge is 2.23. The van der Waals surface area contributed by atoms with Crippen molar-refractivity contribution < 1.29 is 9.13 Å². The van der Waals surface area contributed by atoms with E-state index in [0.29, 0.717) is 5.92 Å². The smallest absolute Gasteiger partial charge is 0.165 e. The molecule has 1 aromatic rings. The Morgan fingerprint density at radius 3 is 2.39 bits per heavy atom. The zero-order valence-electron chi connectivity index (χ0n) is 11.8. The lowest BCUT2D eigenvalue weighted by Crippen LogP contribution is -2.18. The standard InChI is InChI=1S/C15H22ClFO/c1-10(15(2,3)4)8-12(16)11-6-7-14(18-5)13(17)9-11/h6-7,9-10,12H,8H2,1-5H3. The van der Waals surface area contributed by atoms with Crippen molar-refractivity contribution >= 4 is 11.6 Å². The Bertz CT molecular complexity index is 398. The zero-order chi connectivity index (χ0) is 13.9. The van der Waals surface area contributed by atoms with Gasteiger partial charge in [0.25, 0.3) is 0 Å². The van der Waals surface area contributed by atoms with Crippen LogP contribution >= 0.6 is 11.6 Å². The third kappa shape index (κ3) is 3.88. The molecule has 0 amide bonds. The van der Waals surface area contributed by atoms with Gasteiger partial charge in [0.05, 0.1) is 12.5 Å². The number of rotatable bonds is 4. The average molecular weight is 273 g/mol. The number of hydrogen-bond acceptors (Lipinski definition) is 1. The summed E-state index contributed by atoms with van der Waals surface area (Å²) in [7, 11) is 1.46. The van der Waals surface area contributed by atoms with E-state index in [1.54, 1.807) is 6.07 Å². The Hall–Kier alpha value is -0.760. The molecule has 0 saturated carbocycles. The number of hydrogen-bond donors (Lipinski definition) is 0. The fourth-order valence-corrected chi connectivity index (χ4v) is 2.08. The summed E-state index contributed by atoms with van der Waals surface area (Å²) in [5, 5.41) is -0.167. The van der Waals surface area contributed by atoms with Crippen molar-refractivity contribution in [3.63, 3.8) is 0 Å². The molecule has 0 radical (unpaired) electrons. The van der Waals surface area contributed by atoms with Crippen molar-refractivity contribution in [1.82, 2.24) is 0 Å². The van der Waals surface area contributed by atoms with Gasteiger partial charge in [-0.1, -0.05) is 33.8 Å². The molecular weight excluding hydrogens is 251 g/mol. The number of benzene rings is 1. The predicted octanol–water partition coefficient (Wildman–Crippen LogP) is 5.19. The predicted molar refractivity (Wildman–Crippen MR) is 74.8 cm³/mol. The van der Waals surface area contributed by atoms with Gasteiger partial charge in [0, 0.05) is 0 Å². The van der Waals surface area contributed by atoms with Gasteiger partial charge < -0.3 is 4.74 Å². The average Bonchev–Trinajstić information content (AvgIpc) is 2.27. The number of ether oxygens (including phenoxy) is 1. The van der Waals surface area contributed by atoms with Crippen LogP contribution in [0, 0.1) is 17.2 Å². The largest absolute Gasteiger partial charge is 0.494 e. The molecule has 0 saturated heterocycles. The van der Waals surface area contributed by atoms with Crippen LogP contribution in [-0.2, 0) is 0 Å². The first-order valence-corrected chi connectivity index (χ1v) is 6.67. The summed E-state index contributed by atoms with van der Waals surface area (Å²) in [4.78, 5) is 0. The molecule has 1 nitrogen and oxygen atoms in total. The van der Waals surface area contributed by atoms with Crippen LogP contribution in [0.5, 0.6) is 5.75 Å². The molecule has 18 heavy (non-hydrogen) atoms. The highest BCUT2D eigenvalue weighted by atomic mass is 35.5. The molecule has 2 atom stereocenters. The molecule has 0 heterocycles. The van der Waals surface area contributed by atoms with Crippen LogP contribution in [0.25, 0.3) is 0 Å². The van der Waals surface area contributed by atoms with Crippen LogP contribution in [0.1, 0.15) is 45.1 Å². The van der Waals surface area contributed by atoms with Gasteiger partial charge in [-0.05, 0) is 35.4 Å². The van der Waals surface area contributed by atoms with Gasteiger partial charge in [0.1, 0.15) is 0 Å². The minimum atomic E-state index is -0.357. The first-order chi connectivity index (χ1) is 8.25. The van der Waals surface area contributed by atoms with Gasteiger partial charge in [0.15, 0.2) is 11.6 Å². The highest BCUT2D eigenvalue weighted by Crippen LogP contribution is 2.37. The number of methoxy groups -OCH3 is 1. The molecule has 0 fully saturated rings. The lowest BCUT2D eigenvalue weighted by molar-refractivity contribution is 0.245. The Kier molecular flexibility index (Phi) is 5.03. The lowest BCUT2D eigenvalue weighted by Gasteiger charge is -2.29. The van der Waals surface area contributed by atoms with E-state index in [4.69, 9.17) is 16.3 Å². The van der Waals surface area contributed by atoms with Gasteiger partial charge in [0.2, 0.25) is 0 Å². The fourth-order valence-electron chi connectivity index (χ4n) is 1.68. The van der Waals surface area contributed by atoms with Crippen molar-refractivity contribution in [3.8, 4) is 5.75 Å². The quantitative estimate of drug-likeness (QED) is 0.686. The Morgan fingerprint density at radius 2 is 1.94 bits per heavy atom. The van der Waals surface area contributed by atoms with E-state index in [1.165, 1.54) is 13.2 Å². The van der Waals surface area contributed by atoms with Crippen molar-refractivity contribution in [2.45, 2.75) is 39.5 Å². The van der Waals surface area contributed by atoms with Gasteiger partial charge >= 0.3 is 0 Å². The molecule has 0 aromatic heterocycles. The van der Waals surface area contributed by atoms with E-state index in [0.717, 1.165) is 12.0 Å². The van der Waals surface area contributed by atoms with Crippen molar-refractivity contribution in [2.24, 2.45) is 11.3 Å². The molecule has 0 aliphatic rings. The van der Waals surface area contributed by atoms with E-state index in [1.807, 2.05) is 6.07 Å². The number of halogens is 2. The monoisotopic (exact) mass is 272 g/mol.